The number of tetrazole rings is 1. The number of nitrogens with one attached hydrogen (secondary N) is 1. The second-order valence-electron chi connectivity index (χ2n) is 9.55. The number of amides is 1. The van der Waals surface area contributed by atoms with Gasteiger partial charge in [-0.15, -0.1) is 5.10 Å². The molecule has 1 atom stereocenters. The molecule has 14 heteroatoms. The number of aromatic nitrogens is 7. The van der Waals surface area contributed by atoms with Crippen LogP contribution in [0.5, 0.6) is 0 Å². The van der Waals surface area contributed by atoms with Crippen LogP contribution in [0.3, 0.4) is 0 Å². The van der Waals surface area contributed by atoms with Gasteiger partial charge in [0.05, 0.1) is 29.2 Å². The van der Waals surface area contributed by atoms with Gasteiger partial charge in [-0.05, 0) is 70.8 Å². The number of imidazole rings is 1. The van der Waals surface area contributed by atoms with E-state index in [0.717, 1.165) is 22.6 Å². The Labute approximate surface area is 229 Å². The van der Waals surface area contributed by atoms with Crippen molar-refractivity contribution in [1.29, 1.82) is 0 Å². The largest absolute Gasteiger partial charge is 0.465 e. The van der Waals surface area contributed by atoms with Crippen LogP contribution < -0.4 is 10.5 Å². The van der Waals surface area contributed by atoms with E-state index in [1.165, 1.54) is 30.2 Å². The smallest absolute Gasteiger partial charge is 0.416 e. The van der Waals surface area contributed by atoms with Gasteiger partial charge >= 0.3 is 12.3 Å². The van der Waals surface area contributed by atoms with E-state index in [2.05, 4.69) is 25.5 Å². The van der Waals surface area contributed by atoms with Gasteiger partial charge in [-0.2, -0.15) is 17.9 Å². The quantitative estimate of drug-likeness (QED) is 0.321. The monoisotopic (exact) mass is 562 g/mol. The molecule has 0 unspecified atom stereocenters. The molecule has 208 valence electrons. The molecule has 6 rings (SSSR count). The number of carbonyl (C=O) groups is 1. The molecular weight excluding hydrogens is 541 g/mol. The second kappa shape index (κ2) is 9.73. The lowest BCUT2D eigenvalue weighted by molar-refractivity contribution is -0.137. The van der Waals surface area contributed by atoms with Crippen molar-refractivity contribution in [2.24, 2.45) is 0 Å². The van der Waals surface area contributed by atoms with Crippen LogP contribution in [-0.4, -0.2) is 53.0 Å². The Balaban J connectivity index is 1.34. The zero-order valence-corrected chi connectivity index (χ0v) is 21.4. The number of fused-ring (bicyclic) bond motifs is 1. The van der Waals surface area contributed by atoms with Gasteiger partial charge in [0.25, 0.3) is 5.56 Å². The third kappa shape index (κ3) is 4.73. The Morgan fingerprint density at radius 1 is 1.10 bits per heavy atom. The number of hydrogen-bond donors (Lipinski definition) is 2. The highest BCUT2D eigenvalue weighted by molar-refractivity contribution is 5.85. The first-order chi connectivity index (χ1) is 19.6. The first kappa shape index (κ1) is 26.0. The highest BCUT2D eigenvalue weighted by atomic mass is 19.4. The molecule has 0 radical (unpaired) electrons. The van der Waals surface area contributed by atoms with E-state index >= 15 is 0 Å². The molecule has 0 bridgehead atoms. The minimum Gasteiger partial charge on any atom is -0.465 e. The molecule has 4 heterocycles. The maximum absolute atomic E-state index is 13.6. The average molecular weight is 563 g/mol. The van der Waals surface area contributed by atoms with Gasteiger partial charge in [0.15, 0.2) is 0 Å². The van der Waals surface area contributed by atoms with E-state index in [9.17, 15) is 22.8 Å². The Kier molecular flexibility index (Phi) is 6.16. The van der Waals surface area contributed by atoms with Gasteiger partial charge in [-0.3, -0.25) is 9.69 Å². The first-order valence-electron chi connectivity index (χ1n) is 12.4. The number of aryl methyl sites for hydroxylation is 1. The summed E-state index contributed by atoms with van der Waals surface area (Å²) < 4.78 is 43.5. The predicted molar refractivity (Wildman–Crippen MR) is 141 cm³/mol. The molecule has 3 aromatic heterocycles. The Morgan fingerprint density at radius 3 is 2.56 bits per heavy atom. The van der Waals surface area contributed by atoms with Gasteiger partial charge < -0.3 is 14.7 Å². The average Bonchev–Trinajstić information content (AvgIpc) is 3.73. The lowest BCUT2D eigenvalue weighted by atomic mass is 10.0. The number of H-pyrrole nitrogens is 1. The summed E-state index contributed by atoms with van der Waals surface area (Å²) >= 11 is 0. The lowest BCUT2D eigenvalue weighted by Gasteiger charge is -2.16. The summed E-state index contributed by atoms with van der Waals surface area (Å²) in [6.45, 7) is 0. The van der Waals surface area contributed by atoms with E-state index < -0.39 is 23.9 Å². The van der Waals surface area contributed by atoms with Crippen LogP contribution in [0.15, 0.2) is 71.9 Å². The Bertz CT molecular complexity index is 1810. The fourth-order valence-corrected chi connectivity index (χ4v) is 5.05. The van der Waals surface area contributed by atoms with Crippen LogP contribution in [0.4, 0.5) is 23.7 Å². The third-order valence-corrected chi connectivity index (χ3v) is 7.13. The topological polar surface area (TPSA) is 135 Å². The number of pyridine rings is 1. The van der Waals surface area contributed by atoms with Crippen molar-refractivity contribution in [3.05, 3.63) is 94.6 Å². The number of hydrogen-bond acceptors (Lipinski definition) is 6. The van der Waals surface area contributed by atoms with Crippen LogP contribution in [0.1, 0.15) is 29.5 Å². The van der Waals surface area contributed by atoms with Crippen LogP contribution in [0, 0.1) is 0 Å². The zero-order chi connectivity index (χ0) is 28.9. The maximum atomic E-state index is 13.6. The van der Waals surface area contributed by atoms with Crippen molar-refractivity contribution in [2.45, 2.75) is 25.1 Å². The normalized spacial score (nSPS) is 14.7. The molecule has 5 aromatic rings. The highest BCUT2D eigenvalue weighted by Gasteiger charge is 2.32. The number of halogens is 3. The van der Waals surface area contributed by atoms with Crippen LogP contribution in [-0.2, 0) is 12.6 Å². The van der Waals surface area contributed by atoms with Crippen molar-refractivity contribution in [3.8, 4) is 28.1 Å². The molecule has 2 N–H and O–H groups in total. The Morgan fingerprint density at radius 2 is 1.88 bits per heavy atom. The van der Waals surface area contributed by atoms with Crippen LogP contribution in [0.25, 0.3) is 28.1 Å². The minimum atomic E-state index is -4.58. The number of benzene rings is 2. The molecular formula is C27H21F3N8O3. The van der Waals surface area contributed by atoms with E-state index in [4.69, 9.17) is 5.11 Å². The molecule has 11 nitrogen and oxygen atoms in total. The summed E-state index contributed by atoms with van der Waals surface area (Å²) in [5.41, 5.74) is 2.22. The maximum Gasteiger partial charge on any atom is 0.416 e. The number of anilines is 1. The molecule has 41 heavy (non-hydrogen) atoms. The Hall–Kier alpha value is -5.27. The van der Waals surface area contributed by atoms with Gasteiger partial charge in [0.2, 0.25) is 0 Å². The molecule has 0 fully saturated rings. The number of alkyl halides is 3. The second-order valence-corrected chi connectivity index (χ2v) is 9.55. The lowest BCUT2D eigenvalue weighted by Crippen LogP contribution is -2.24. The van der Waals surface area contributed by atoms with Crippen LogP contribution >= 0.6 is 0 Å². The first-order valence-corrected chi connectivity index (χ1v) is 12.4. The van der Waals surface area contributed by atoms with E-state index in [0.29, 0.717) is 47.0 Å². The summed E-state index contributed by atoms with van der Waals surface area (Å²) in [5.74, 6) is 0.564. The predicted octanol–water partition coefficient (Wildman–Crippen LogP) is 4.55. The molecule has 0 saturated heterocycles. The van der Waals surface area contributed by atoms with Gasteiger partial charge in [0, 0.05) is 30.1 Å². The van der Waals surface area contributed by atoms with E-state index in [1.54, 1.807) is 41.1 Å². The third-order valence-electron chi connectivity index (χ3n) is 7.13. The van der Waals surface area contributed by atoms with Gasteiger partial charge in [-0.25, -0.2) is 9.78 Å². The summed E-state index contributed by atoms with van der Waals surface area (Å²) in [5, 5.41) is 20.1. The molecule has 1 aliphatic rings. The number of aromatic amines is 1. The molecule has 0 saturated carbocycles. The van der Waals surface area contributed by atoms with Crippen molar-refractivity contribution < 1.29 is 23.1 Å². The van der Waals surface area contributed by atoms with Crippen molar-refractivity contribution in [1.82, 2.24) is 34.7 Å². The number of carboxylic acid groups (broad SMARTS) is 1. The minimum absolute atomic E-state index is 0.174. The van der Waals surface area contributed by atoms with Crippen molar-refractivity contribution >= 4 is 11.8 Å². The SMILES string of the molecule is CN(C(=O)O)c1ccc(-c2cnc([C@@H]3CCc4cc(-c5cc(C(F)(F)F)ccc5-n5cnnn5)cc(=O)n43)[nH]2)cc1. The molecule has 2 aromatic carbocycles. The van der Waals surface area contributed by atoms with Crippen molar-refractivity contribution in [2.75, 3.05) is 11.9 Å². The molecule has 0 spiro atoms. The fourth-order valence-electron chi connectivity index (χ4n) is 5.05. The van der Waals surface area contributed by atoms with Gasteiger partial charge in [0.1, 0.15) is 12.2 Å². The summed E-state index contributed by atoms with van der Waals surface area (Å²) in [6.07, 6.45) is -1.66. The van der Waals surface area contributed by atoms with Crippen molar-refractivity contribution in [3.63, 3.8) is 0 Å². The fraction of sp³-hybridized carbons (Fsp3) is 0.185. The summed E-state index contributed by atoms with van der Waals surface area (Å²) in [7, 11) is 1.45. The molecule has 1 amide bonds. The number of nitrogens with zero attached hydrogens (tertiary/aromatic N) is 7. The number of rotatable bonds is 5. The van der Waals surface area contributed by atoms with E-state index in [1.807, 2.05) is 0 Å². The van der Waals surface area contributed by atoms with Gasteiger partial charge in [-0.1, -0.05) is 12.1 Å². The molecule has 1 aliphatic heterocycles. The standard InChI is InChI=1S/C27H21F3N8O3/c1-36(26(40)41)18-5-2-15(3-6-18)21-13-31-25(33-21)23-9-7-19-10-16(11-24(39)38(19)23)20-12-17(27(28,29)30)4-8-22(20)37-14-32-34-35-37/h2-6,8,10-14,23H,7,9H2,1H3,(H,31,33)(H,40,41)/t23-/m0/s1. The summed E-state index contributed by atoms with van der Waals surface area (Å²) in [6, 6.07) is 12.7. The van der Waals surface area contributed by atoms with Crippen LogP contribution in [0.2, 0.25) is 0 Å². The van der Waals surface area contributed by atoms with E-state index in [-0.39, 0.29) is 11.1 Å². The molecule has 0 aliphatic carbocycles. The zero-order valence-electron chi connectivity index (χ0n) is 21.4. The highest BCUT2D eigenvalue weighted by Crippen LogP contribution is 2.37. The summed E-state index contributed by atoms with van der Waals surface area (Å²) in [4.78, 5) is 33.4.